The Hall–Kier alpha value is -1.57. The number of aromatic nitrogens is 2. The van der Waals surface area contributed by atoms with Crippen LogP contribution >= 0.6 is 11.6 Å². The molecule has 0 aliphatic carbocycles. The normalized spacial score (nSPS) is 19.6. The summed E-state index contributed by atoms with van der Waals surface area (Å²) in [6, 6.07) is 7.74. The van der Waals surface area contributed by atoms with Crippen LogP contribution in [0.15, 0.2) is 36.7 Å². The van der Waals surface area contributed by atoms with Crippen molar-refractivity contribution < 1.29 is 13.2 Å². The van der Waals surface area contributed by atoms with E-state index >= 15 is 0 Å². The predicted octanol–water partition coefficient (Wildman–Crippen LogP) is 3.25. The molecule has 3 rings (SSSR count). The second kappa shape index (κ2) is 7.13. The van der Waals surface area contributed by atoms with Gasteiger partial charge in [0.15, 0.2) is 0 Å². The van der Waals surface area contributed by atoms with Crippen LogP contribution in [-0.2, 0) is 13.1 Å². The van der Waals surface area contributed by atoms with E-state index in [4.69, 9.17) is 11.6 Å². The van der Waals surface area contributed by atoms with E-state index in [9.17, 15) is 13.2 Å². The average Bonchev–Trinajstić information content (AvgIpc) is 2.93. The van der Waals surface area contributed by atoms with Crippen molar-refractivity contribution in [3.63, 3.8) is 0 Å². The minimum Gasteiger partial charge on any atom is -0.314 e. The second-order valence-electron chi connectivity index (χ2n) is 5.87. The maximum absolute atomic E-state index is 12.4. The van der Waals surface area contributed by atoms with E-state index in [1.54, 1.807) is 0 Å². The van der Waals surface area contributed by atoms with E-state index in [-0.39, 0.29) is 6.04 Å². The molecule has 1 unspecified atom stereocenters. The molecule has 2 heterocycles. The second-order valence-corrected chi connectivity index (χ2v) is 6.28. The van der Waals surface area contributed by atoms with E-state index in [0.717, 1.165) is 35.4 Å². The molecule has 1 fully saturated rings. The smallest absolute Gasteiger partial charge is 0.314 e. The molecule has 1 aliphatic rings. The van der Waals surface area contributed by atoms with E-state index < -0.39 is 12.7 Å². The molecule has 1 saturated heterocycles. The monoisotopic (exact) mass is 358 g/mol. The average molecular weight is 359 g/mol. The number of halogens is 4. The molecule has 4 nitrogen and oxygen atoms in total. The quantitative estimate of drug-likeness (QED) is 0.910. The Morgan fingerprint density at radius 2 is 2.08 bits per heavy atom. The number of nitrogens with one attached hydrogen (secondary N) is 1. The standard InChI is InChI=1S/C16H18ClF3N4/c17-14-4-2-1-3-13(14)15-8-21-5-6-23(15)9-12-7-22-24(10-12)11-16(18,19)20/h1-4,7,10,15,21H,5-6,8-9,11H2. The minimum atomic E-state index is -4.27. The van der Waals surface area contributed by atoms with Crippen LogP contribution in [0.1, 0.15) is 17.2 Å². The molecule has 2 aromatic rings. The number of rotatable bonds is 4. The van der Waals surface area contributed by atoms with Crippen molar-refractivity contribution in [2.75, 3.05) is 19.6 Å². The minimum absolute atomic E-state index is 0.0819. The Morgan fingerprint density at radius 1 is 1.29 bits per heavy atom. The van der Waals surface area contributed by atoms with Crippen molar-refractivity contribution in [1.82, 2.24) is 20.0 Å². The van der Waals surface area contributed by atoms with Gasteiger partial charge in [0.1, 0.15) is 6.54 Å². The summed E-state index contributed by atoms with van der Waals surface area (Å²) in [4.78, 5) is 2.21. The lowest BCUT2D eigenvalue weighted by Gasteiger charge is -2.36. The summed E-state index contributed by atoms with van der Waals surface area (Å²) >= 11 is 6.31. The topological polar surface area (TPSA) is 33.1 Å². The van der Waals surface area contributed by atoms with Gasteiger partial charge in [0.05, 0.1) is 6.20 Å². The highest BCUT2D eigenvalue weighted by molar-refractivity contribution is 6.31. The molecule has 1 atom stereocenters. The van der Waals surface area contributed by atoms with E-state index in [1.807, 2.05) is 24.3 Å². The molecule has 0 bridgehead atoms. The van der Waals surface area contributed by atoms with Gasteiger partial charge in [0.2, 0.25) is 0 Å². The number of nitrogens with zero attached hydrogens (tertiary/aromatic N) is 3. The first-order chi connectivity index (χ1) is 11.4. The van der Waals surface area contributed by atoms with Gasteiger partial charge in [-0.25, -0.2) is 0 Å². The lowest BCUT2D eigenvalue weighted by Crippen LogP contribution is -2.45. The molecule has 1 N–H and O–H groups in total. The first-order valence-corrected chi connectivity index (χ1v) is 8.07. The van der Waals surface area contributed by atoms with Crippen LogP contribution in [0, 0.1) is 0 Å². The molecular formula is C16H18ClF3N4. The maximum atomic E-state index is 12.4. The summed E-state index contributed by atoms with van der Waals surface area (Å²) in [6.07, 6.45) is -1.31. The highest BCUT2D eigenvalue weighted by Gasteiger charge is 2.29. The Kier molecular flexibility index (Phi) is 5.12. The van der Waals surface area contributed by atoms with Crippen LogP contribution in [0.2, 0.25) is 5.02 Å². The Bertz CT molecular complexity index is 686. The molecule has 0 radical (unpaired) electrons. The third-order valence-electron chi connectivity index (χ3n) is 4.03. The lowest BCUT2D eigenvalue weighted by atomic mass is 10.0. The summed E-state index contributed by atoms with van der Waals surface area (Å²) < 4.78 is 38.3. The molecule has 8 heteroatoms. The summed E-state index contributed by atoms with van der Waals surface area (Å²) in [6.45, 7) is 1.84. The molecule has 0 saturated carbocycles. The van der Waals surface area contributed by atoms with Crippen LogP contribution in [0.4, 0.5) is 13.2 Å². The van der Waals surface area contributed by atoms with Crippen molar-refractivity contribution in [2.45, 2.75) is 25.3 Å². The highest BCUT2D eigenvalue weighted by Crippen LogP contribution is 2.29. The lowest BCUT2D eigenvalue weighted by molar-refractivity contribution is -0.142. The van der Waals surface area contributed by atoms with Gasteiger partial charge in [-0.05, 0) is 11.6 Å². The van der Waals surface area contributed by atoms with Gasteiger partial charge < -0.3 is 5.32 Å². The number of hydrogen-bond donors (Lipinski definition) is 1. The van der Waals surface area contributed by atoms with Gasteiger partial charge in [0.25, 0.3) is 0 Å². The van der Waals surface area contributed by atoms with Crippen LogP contribution in [0.5, 0.6) is 0 Å². The van der Waals surface area contributed by atoms with Gasteiger partial charge in [-0.1, -0.05) is 29.8 Å². The fourth-order valence-corrected chi connectivity index (χ4v) is 3.24. The van der Waals surface area contributed by atoms with Gasteiger partial charge in [-0.3, -0.25) is 9.58 Å². The third kappa shape index (κ3) is 4.28. The number of hydrogen-bond acceptors (Lipinski definition) is 3. The van der Waals surface area contributed by atoms with Crippen molar-refractivity contribution in [3.8, 4) is 0 Å². The molecule has 130 valence electrons. The number of alkyl halides is 3. The summed E-state index contributed by atoms with van der Waals surface area (Å²) in [7, 11) is 0. The Morgan fingerprint density at radius 3 is 2.83 bits per heavy atom. The number of piperazine rings is 1. The van der Waals surface area contributed by atoms with Crippen LogP contribution in [0.3, 0.4) is 0 Å². The first kappa shape index (κ1) is 17.3. The van der Waals surface area contributed by atoms with Crippen LogP contribution in [0.25, 0.3) is 0 Å². The Labute approximate surface area is 143 Å². The zero-order valence-corrected chi connectivity index (χ0v) is 13.7. The molecular weight excluding hydrogens is 341 g/mol. The summed E-state index contributed by atoms with van der Waals surface area (Å²) in [5.41, 5.74) is 1.78. The molecule has 1 aromatic heterocycles. The van der Waals surface area contributed by atoms with E-state index in [1.165, 1.54) is 12.4 Å². The SMILES string of the molecule is FC(F)(F)Cn1cc(CN2CCNCC2c2ccccc2Cl)cn1. The van der Waals surface area contributed by atoms with E-state index in [0.29, 0.717) is 11.6 Å². The molecule has 0 amide bonds. The zero-order chi connectivity index (χ0) is 17.2. The van der Waals surface area contributed by atoms with Gasteiger partial charge in [-0.2, -0.15) is 18.3 Å². The maximum Gasteiger partial charge on any atom is 0.408 e. The van der Waals surface area contributed by atoms with Crippen molar-refractivity contribution in [2.24, 2.45) is 0 Å². The summed E-state index contributed by atoms with van der Waals surface area (Å²) in [5.74, 6) is 0. The fourth-order valence-electron chi connectivity index (χ4n) is 2.98. The fraction of sp³-hybridized carbons (Fsp3) is 0.438. The summed E-state index contributed by atoms with van der Waals surface area (Å²) in [5, 5.41) is 7.85. The zero-order valence-electron chi connectivity index (χ0n) is 12.9. The molecule has 1 aliphatic heterocycles. The van der Waals surface area contributed by atoms with Crippen molar-refractivity contribution in [1.29, 1.82) is 0 Å². The number of benzene rings is 1. The predicted molar refractivity (Wildman–Crippen MR) is 85.8 cm³/mol. The van der Waals surface area contributed by atoms with Crippen LogP contribution < -0.4 is 5.32 Å². The third-order valence-corrected chi connectivity index (χ3v) is 4.38. The first-order valence-electron chi connectivity index (χ1n) is 7.70. The Balaban J connectivity index is 1.74. The van der Waals surface area contributed by atoms with Crippen molar-refractivity contribution in [3.05, 3.63) is 52.8 Å². The molecule has 24 heavy (non-hydrogen) atoms. The van der Waals surface area contributed by atoms with Gasteiger partial charge in [0, 0.05) is 49.0 Å². The van der Waals surface area contributed by atoms with Crippen molar-refractivity contribution >= 4 is 11.6 Å². The van der Waals surface area contributed by atoms with Crippen LogP contribution in [-0.4, -0.2) is 40.5 Å². The van der Waals surface area contributed by atoms with Gasteiger partial charge >= 0.3 is 6.18 Å². The largest absolute Gasteiger partial charge is 0.408 e. The molecule has 0 spiro atoms. The highest BCUT2D eigenvalue weighted by atomic mass is 35.5. The molecule has 1 aromatic carbocycles. The van der Waals surface area contributed by atoms with E-state index in [2.05, 4.69) is 15.3 Å². The van der Waals surface area contributed by atoms with Gasteiger partial charge in [-0.15, -0.1) is 0 Å².